The lowest BCUT2D eigenvalue weighted by Gasteiger charge is -2.19. The van der Waals surface area contributed by atoms with Gasteiger partial charge in [-0.3, -0.25) is 10.2 Å². The molecule has 0 saturated carbocycles. The number of carbonyl (C=O) groups is 2. The first-order valence-corrected chi connectivity index (χ1v) is 4.76. The van der Waals surface area contributed by atoms with Gasteiger partial charge in [0.2, 0.25) is 0 Å². The van der Waals surface area contributed by atoms with E-state index in [0.29, 0.717) is 0 Å². The van der Waals surface area contributed by atoms with Crippen molar-refractivity contribution < 1.29 is 30.0 Å². The van der Waals surface area contributed by atoms with Crippen molar-refractivity contribution >= 4 is 29.1 Å². The highest BCUT2D eigenvalue weighted by Crippen LogP contribution is 2.01. The molecule has 17 heavy (non-hydrogen) atoms. The highest BCUT2D eigenvalue weighted by atomic mass is 32.1. The van der Waals surface area contributed by atoms with Crippen LogP contribution in [0.15, 0.2) is 0 Å². The zero-order valence-electron chi connectivity index (χ0n) is 8.53. The van der Waals surface area contributed by atoms with Gasteiger partial charge in [-0.2, -0.15) is 0 Å². The van der Waals surface area contributed by atoms with Gasteiger partial charge in [0.15, 0.2) is 17.0 Å². The molecular weight excluding hydrogens is 254 g/mol. The predicted octanol–water partition coefficient (Wildman–Crippen LogP) is -3.94. The molecule has 0 saturated heterocycles. The Balaban J connectivity index is 4.20. The third kappa shape index (κ3) is 5.51. The lowest BCUT2D eigenvalue weighted by molar-refractivity contribution is -0.160. The number of hydrazine groups is 1. The number of Topliss-reactive ketones (excluding diaryl/α,β-unsaturated/α-hetero) is 1. The lowest BCUT2D eigenvalue weighted by Crippen LogP contribution is -2.50. The third-order valence-electron chi connectivity index (χ3n) is 1.70. The molecule has 0 heterocycles. The summed E-state index contributed by atoms with van der Waals surface area (Å²) in [5, 5.41) is 35.4. The maximum atomic E-state index is 11.2. The van der Waals surface area contributed by atoms with E-state index in [2.05, 4.69) is 23.1 Å². The minimum absolute atomic E-state index is 0.140. The van der Waals surface area contributed by atoms with Crippen molar-refractivity contribution in [3.63, 3.8) is 0 Å². The van der Waals surface area contributed by atoms with Gasteiger partial charge < -0.3 is 26.2 Å². The van der Waals surface area contributed by atoms with Crippen molar-refractivity contribution in [3.05, 3.63) is 0 Å². The Kier molecular flexibility index (Phi) is 6.53. The largest absolute Gasteiger partial charge is 0.479 e. The lowest BCUT2D eigenvalue weighted by atomic mass is 10.0. The van der Waals surface area contributed by atoms with Crippen LogP contribution in [0.5, 0.6) is 0 Å². The zero-order chi connectivity index (χ0) is 13.6. The minimum Gasteiger partial charge on any atom is -0.479 e. The van der Waals surface area contributed by atoms with Crippen LogP contribution < -0.4 is 16.6 Å². The summed E-state index contributed by atoms with van der Waals surface area (Å²) in [6.45, 7) is -0.470. The first kappa shape index (κ1) is 15.7. The van der Waals surface area contributed by atoms with Gasteiger partial charge in [-0.25, -0.2) is 10.2 Å². The van der Waals surface area contributed by atoms with E-state index in [-0.39, 0.29) is 5.11 Å². The summed E-state index contributed by atoms with van der Waals surface area (Å²) in [4.78, 5) is 21.5. The molecule has 3 atom stereocenters. The average Bonchev–Trinajstić information content (AvgIpc) is 2.25. The van der Waals surface area contributed by atoms with E-state index in [1.807, 2.05) is 0 Å². The van der Waals surface area contributed by atoms with Gasteiger partial charge in [0.25, 0.3) is 0 Å². The van der Waals surface area contributed by atoms with E-state index in [1.165, 1.54) is 0 Å². The third-order valence-corrected chi connectivity index (χ3v) is 1.81. The number of nitrogens with two attached hydrogens (primary N) is 1. The second-order valence-electron chi connectivity index (χ2n) is 3.03. The summed E-state index contributed by atoms with van der Waals surface area (Å²) in [7, 11) is 0. The highest BCUT2D eigenvalue weighted by molar-refractivity contribution is 7.80. The molecule has 0 aliphatic rings. The van der Waals surface area contributed by atoms with Crippen LogP contribution in [-0.4, -0.2) is 62.1 Å². The fraction of sp³-hybridized carbons (Fsp3) is 0.571. The fourth-order valence-electron chi connectivity index (χ4n) is 0.832. The Labute approximate surface area is 101 Å². The quantitative estimate of drug-likeness (QED) is 0.179. The van der Waals surface area contributed by atoms with Crippen LogP contribution in [-0.2, 0) is 9.59 Å². The Morgan fingerprint density at radius 2 is 1.76 bits per heavy atom. The van der Waals surface area contributed by atoms with Gasteiger partial charge in [-0.15, -0.1) is 0 Å². The van der Waals surface area contributed by atoms with Crippen molar-refractivity contribution in [2.24, 2.45) is 5.73 Å². The second kappa shape index (κ2) is 7.09. The Morgan fingerprint density at radius 3 is 2.18 bits per heavy atom. The zero-order valence-corrected chi connectivity index (χ0v) is 9.35. The van der Waals surface area contributed by atoms with E-state index < -0.39 is 36.6 Å². The molecule has 8 N–H and O–H groups in total. The molecule has 0 aromatic carbocycles. The first-order chi connectivity index (χ1) is 7.77. The molecule has 0 amide bonds. The van der Waals surface area contributed by atoms with Gasteiger partial charge in [0.1, 0.15) is 12.2 Å². The normalized spacial score (nSPS) is 15.7. The molecule has 0 aromatic heterocycles. The number of aliphatic hydroxyl groups is 3. The van der Waals surface area contributed by atoms with Crippen molar-refractivity contribution in [1.29, 1.82) is 0 Å². The number of carboxylic acids is 1. The predicted molar refractivity (Wildman–Crippen MR) is 58.6 cm³/mol. The molecule has 0 aliphatic carbocycles. The topological polar surface area (TPSA) is 165 Å². The van der Waals surface area contributed by atoms with E-state index in [9.17, 15) is 14.7 Å². The highest BCUT2D eigenvalue weighted by Gasteiger charge is 2.33. The van der Waals surface area contributed by atoms with Gasteiger partial charge in [0, 0.05) is 0 Å². The molecule has 0 rings (SSSR count). The van der Waals surface area contributed by atoms with Gasteiger partial charge in [-0.05, 0) is 12.2 Å². The second-order valence-corrected chi connectivity index (χ2v) is 3.47. The van der Waals surface area contributed by atoms with Gasteiger partial charge in [0.05, 0.1) is 6.54 Å². The first-order valence-electron chi connectivity index (χ1n) is 4.35. The monoisotopic (exact) mass is 267 g/mol. The summed E-state index contributed by atoms with van der Waals surface area (Å²) in [5.74, 6) is -2.69. The van der Waals surface area contributed by atoms with Crippen molar-refractivity contribution in [2.75, 3.05) is 6.54 Å². The van der Waals surface area contributed by atoms with E-state index in [1.54, 1.807) is 0 Å². The standard InChI is InChI=1S/C7H13N3O6S/c8-7(17)10-9-1-2(11)3(12)4(13)5(14)6(15)16/h3-5,9,12-14H,1H2,(H,15,16)(H3,8,10,17)/t3-,4+,5-/m0/s1. The number of nitrogens with one attached hydrogen (secondary N) is 2. The van der Waals surface area contributed by atoms with Crippen molar-refractivity contribution in [2.45, 2.75) is 18.3 Å². The summed E-state index contributed by atoms with van der Waals surface area (Å²) >= 11 is 4.40. The minimum atomic E-state index is -2.25. The molecule has 0 bridgehead atoms. The number of aliphatic carboxylic acids is 1. The molecule has 0 aliphatic heterocycles. The SMILES string of the molecule is NC(=S)NNCC(=O)[C@H](O)[C@@H](O)[C@H](O)C(=O)O. The van der Waals surface area contributed by atoms with Crippen LogP contribution in [0.3, 0.4) is 0 Å². The Bertz CT molecular complexity index is 312. The molecule has 10 heteroatoms. The molecule has 0 aromatic rings. The van der Waals surface area contributed by atoms with Gasteiger partial charge >= 0.3 is 5.97 Å². The molecule has 98 valence electrons. The number of hydrogen-bond acceptors (Lipinski definition) is 7. The maximum absolute atomic E-state index is 11.2. The molecule has 0 spiro atoms. The van der Waals surface area contributed by atoms with E-state index in [0.717, 1.165) is 0 Å². The fourth-order valence-corrected chi connectivity index (χ4v) is 0.904. The van der Waals surface area contributed by atoms with Crippen LogP contribution >= 0.6 is 12.2 Å². The molecule has 0 unspecified atom stereocenters. The number of aliphatic hydroxyl groups excluding tert-OH is 3. The number of hydrogen-bond donors (Lipinski definition) is 7. The summed E-state index contributed by atoms with van der Waals surface area (Å²) < 4.78 is 0. The van der Waals surface area contributed by atoms with Crippen LogP contribution in [0, 0.1) is 0 Å². The van der Waals surface area contributed by atoms with Crippen molar-refractivity contribution in [1.82, 2.24) is 10.9 Å². The maximum Gasteiger partial charge on any atom is 0.335 e. The van der Waals surface area contributed by atoms with Crippen molar-refractivity contribution in [3.8, 4) is 0 Å². The smallest absolute Gasteiger partial charge is 0.335 e. The molecule has 0 radical (unpaired) electrons. The number of rotatable bonds is 7. The van der Waals surface area contributed by atoms with Crippen LogP contribution in [0.1, 0.15) is 0 Å². The van der Waals surface area contributed by atoms with Crippen LogP contribution in [0.4, 0.5) is 0 Å². The average molecular weight is 267 g/mol. The summed E-state index contributed by atoms with van der Waals surface area (Å²) in [6.07, 6.45) is -6.41. The van der Waals surface area contributed by atoms with Gasteiger partial charge in [-0.1, -0.05) is 0 Å². The summed E-state index contributed by atoms with van der Waals surface area (Å²) in [6, 6.07) is 0. The summed E-state index contributed by atoms with van der Waals surface area (Å²) in [5.41, 5.74) is 9.43. The van der Waals surface area contributed by atoms with E-state index >= 15 is 0 Å². The Morgan fingerprint density at radius 1 is 1.24 bits per heavy atom. The Hall–Kier alpha value is -1.33. The number of thiocarbonyl (C=S) groups is 1. The number of ketones is 1. The van der Waals surface area contributed by atoms with Crippen LogP contribution in [0.25, 0.3) is 0 Å². The number of carbonyl (C=O) groups excluding carboxylic acids is 1. The molecule has 0 fully saturated rings. The molecular formula is C7H13N3O6S. The van der Waals surface area contributed by atoms with Crippen LogP contribution in [0.2, 0.25) is 0 Å². The number of carboxylic acid groups (broad SMARTS) is 1. The van der Waals surface area contributed by atoms with E-state index in [4.69, 9.17) is 21.1 Å². The molecule has 9 nitrogen and oxygen atoms in total.